The second kappa shape index (κ2) is 5.06. The molecule has 0 aliphatic heterocycles. The molecule has 0 saturated heterocycles. The molecule has 0 heterocycles. The first-order valence-electron chi connectivity index (χ1n) is 4.45. The Kier molecular flexibility index (Phi) is 4.99. The molecule has 0 atom stereocenters. The highest BCUT2D eigenvalue weighted by molar-refractivity contribution is 7.54. The molecule has 84 valence electrons. The van der Waals surface area contributed by atoms with Crippen molar-refractivity contribution in [3.05, 3.63) is 0 Å². The summed E-state index contributed by atoms with van der Waals surface area (Å²) in [4.78, 5) is 4.12. The molecule has 0 fully saturated rings. The number of aliphatic imine (C=N–C) groups is 1. The number of hydrogen-bond donors (Lipinski definition) is 0. The van der Waals surface area contributed by atoms with Gasteiger partial charge in [-0.05, 0) is 0 Å². The Morgan fingerprint density at radius 3 is 1.93 bits per heavy atom. The average Bonchev–Trinajstić information content (AvgIpc) is 2.12. The number of rotatable bonds is 4. The Morgan fingerprint density at radius 1 is 1.29 bits per heavy atom. The monoisotopic (exact) mass is 221 g/mol. The van der Waals surface area contributed by atoms with Gasteiger partial charge in [-0.3, -0.25) is 9.56 Å². The second-order valence-electron chi connectivity index (χ2n) is 4.05. The van der Waals surface area contributed by atoms with Gasteiger partial charge < -0.3 is 9.05 Å². The molecule has 0 rings (SSSR count). The predicted molar refractivity (Wildman–Crippen MR) is 59.3 cm³/mol. The lowest BCUT2D eigenvalue weighted by Gasteiger charge is -2.23. The van der Waals surface area contributed by atoms with Crippen molar-refractivity contribution in [3.63, 3.8) is 0 Å². The summed E-state index contributed by atoms with van der Waals surface area (Å²) in [5.41, 5.74) is 0.728. The first-order chi connectivity index (χ1) is 6.29. The third-order valence-electron chi connectivity index (χ3n) is 2.04. The van der Waals surface area contributed by atoms with Gasteiger partial charge in [0.15, 0.2) is 0 Å². The third kappa shape index (κ3) is 3.91. The van der Waals surface area contributed by atoms with E-state index in [-0.39, 0.29) is 11.6 Å². The highest BCUT2D eigenvalue weighted by Gasteiger charge is 2.29. The molecule has 0 saturated carbocycles. The van der Waals surface area contributed by atoms with E-state index < -0.39 is 7.60 Å². The molecule has 5 heteroatoms. The Balaban J connectivity index is 4.73. The lowest BCUT2D eigenvalue weighted by Crippen LogP contribution is -2.24. The fraction of sp³-hybridized carbons (Fsp3) is 0.889. The highest BCUT2D eigenvalue weighted by Crippen LogP contribution is 2.47. The van der Waals surface area contributed by atoms with E-state index in [2.05, 4.69) is 4.99 Å². The maximum Gasteiger partial charge on any atom is 0.335 e. The van der Waals surface area contributed by atoms with E-state index in [1.807, 2.05) is 20.8 Å². The van der Waals surface area contributed by atoms with Crippen molar-refractivity contribution in [1.82, 2.24) is 0 Å². The zero-order valence-electron chi connectivity index (χ0n) is 9.83. The summed E-state index contributed by atoms with van der Waals surface area (Å²) in [6, 6.07) is 0. The van der Waals surface area contributed by atoms with Gasteiger partial charge in [-0.2, -0.15) is 0 Å². The zero-order valence-corrected chi connectivity index (χ0v) is 10.7. The van der Waals surface area contributed by atoms with Crippen molar-refractivity contribution >= 4 is 13.3 Å². The molecule has 0 radical (unpaired) electrons. The normalized spacial score (nSPS) is 14.6. The molecule has 14 heavy (non-hydrogen) atoms. The summed E-state index contributed by atoms with van der Waals surface area (Å²) in [7, 11) is 1.49. The van der Waals surface area contributed by atoms with Gasteiger partial charge in [-0.1, -0.05) is 20.8 Å². The first kappa shape index (κ1) is 13.8. The van der Waals surface area contributed by atoms with Crippen LogP contribution in [0.3, 0.4) is 0 Å². The molecule has 0 bridgehead atoms. The molecule has 0 aliphatic rings. The van der Waals surface area contributed by atoms with Gasteiger partial charge in [0.25, 0.3) is 0 Å². The molecule has 0 aromatic carbocycles. The Bertz CT molecular complexity index is 247. The highest BCUT2D eigenvalue weighted by atomic mass is 31.2. The second-order valence-corrected chi connectivity index (χ2v) is 6.32. The maximum absolute atomic E-state index is 11.8. The van der Waals surface area contributed by atoms with Gasteiger partial charge in [-0.15, -0.1) is 0 Å². The van der Waals surface area contributed by atoms with E-state index in [0.717, 1.165) is 5.71 Å². The minimum Gasteiger partial charge on any atom is -0.312 e. The van der Waals surface area contributed by atoms with Crippen molar-refractivity contribution < 1.29 is 13.6 Å². The topological polar surface area (TPSA) is 47.9 Å². The van der Waals surface area contributed by atoms with Crippen LogP contribution in [0.1, 0.15) is 20.8 Å². The molecule has 0 amide bonds. The lowest BCUT2D eigenvalue weighted by molar-refractivity contribution is 0.279. The maximum atomic E-state index is 11.8. The third-order valence-corrected chi connectivity index (χ3v) is 3.83. The van der Waals surface area contributed by atoms with Crippen LogP contribution < -0.4 is 0 Å². The van der Waals surface area contributed by atoms with Gasteiger partial charge in [-0.25, -0.2) is 0 Å². The molecule has 0 spiro atoms. The van der Waals surface area contributed by atoms with E-state index >= 15 is 0 Å². The van der Waals surface area contributed by atoms with Gasteiger partial charge in [0, 0.05) is 32.4 Å². The van der Waals surface area contributed by atoms with Crippen molar-refractivity contribution in [3.8, 4) is 0 Å². The molecular formula is C9H20NO3P. The van der Waals surface area contributed by atoms with Gasteiger partial charge >= 0.3 is 7.60 Å². The molecule has 0 N–H and O–H groups in total. The van der Waals surface area contributed by atoms with Crippen LogP contribution in [0.2, 0.25) is 0 Å². The van der Waals surface area contributed by atoms with Crippen LogP contribution >= 0.6 is 7.60 Å². The molecule has 0 aromatic heterocycles. The Morgan fingerprint density at radius 2 is 1.71 bits per heavy atom. The summed E-state index contributed by atoms with van der Waals surface area (Å²) < 4.78 is 21.6. The predicted octanol–water partition coefficient (Wildman–Crippen LogP) is 2.59. The smallest absolute Gasteiger partial charge is 0.312 e. The summed E-state index contributed by atoms with van der Waals surface area (Å²) in [6.07, 6.45) is 0.250. The van der Waals surface area contributed by atoms with Crippen LogP contribution in [-0.2, 0) is 13.6 Å². The van der Waals surface area contributed by atoms with Crippen molar-refractivity contribution in [2.75, 3.05) is 27.4 Å². The molecule has 0 unspecified atom stereocenters. The Hall–Kier alpha value is -0.180. The van der Waals surface area contributed by atoms with Gasteiger partial charge in [0.2, 0.25) is 0 Å². The standard InChI is InChI=1S/C9H20NO3P/c1-9(2,3)8(10-4)7-14(11,12-5)13-6/h7H2,1-6H3. The summed E-state index contributed by atoms with van der Waals surface area (Å²) in [5.74, 6) is 0. The van der Waals surface area contributed by atoms with Crippen LogP contribution in [-0.4, -0.2) is 33.1 Å². The van der Waals surface area contributed by atoms with Crippen LogP contribution in [0.4, 0.5) is 0 Å². The van der Waals surface area contributed by atoms with Crippen molar-refractivity contribution in [2.45, 2.75) is 20.8 Å². The van der Waals surface area contributed by atoms with Gasteiger partial charge in [0.1, 0.15) is 0 Å². The molecule has 4 nitrogen and oxygen atoms in total. The molecule has 0 aliphatic carbocycles. The van der Waals surface area contributed by atoms with Crippen LogP contribution in [0.15, 0.2) is 4.99 Å². The lowest BCUT2D eigenvalue weighted by atomic mass is 9.91. The summed E-state index contributed by atoms with van der Waals surface area (Å²) in [5, 5.41) is 0. The summed E-state index contributed by atoms with van der Waals surface area (Å²) >= 11 is 0. The van der Waals surface area contributed by atoms with Gasteiger partial charge in [0.05, 0.1) is 6.16 Å². The van der Waals surface area contributed by atoms with Crippen LogP contribution in [0, 0.1) is 5.41 Å². The van der Waals surface area contributed by atoms with E-state index in [1.54, 1.807) is 7.05 Å². The largest absolute Gasteiger partial charge is 0.335 e. The minimum absolute atomic E-state index is 0.110. The summed E-state index contributed by atoms with van der Waals surface area (Å²) in [6.45, 7) is 6.06. The number of hydrogen-bond acceptors (Lipinski definition) is 4. The zero-order chi connectivity index (χ0) is 11.4. The van der Waals surface area contributed by atoms with Crippen molar-refractivity contribution in [1.29, 1.82) is 0 Å². The Labute approximate surface area is 86.2 Å². The fourth-order valence-corrected chi connectivity index (χ4v) is 2.42. The minimum atomic E-state index is -2.98. The fourth-order valence-electron chi connectivity index (χ4n) is 1.03. The SMILES string of the molecule is CN=C(CP(=O)(OC)OC)C(C)(C)C. The molecular weight excluding hydrogens is 201 g/mol. The van der Waals surface area contributed by atoms with Crippen molar-refractivity contribution in [2.24, 2.45) is 10.4 Å². The van der Waals surface area contributed by atoms with E-state index in [9.17, 15) is 4.57 Å². The van der Waals surface area contributed by atoms with Crippen LogP contribution in [0.5, 0.6) is 0 Å². The molecule has 0 aromatic rings. The quantitative estimate of drug-likeness (QED) is 0.541. The van der Waals surface area contributed by atoms with E-state index in [0.29, 0.717) is 0 Å². The first-order valence-corrected chi connectivity index (χ1v) is 6.18. The van der Waals surface area contributed by atoms with Crippen LogP contribution in [0.25, 0.3) is 0 Å². The number of nitrogens with zero attached hydrogens (tertiary/aromatic N) is 1. The van der Waals surface area contributed by atoms with E-state index in [1.165, 1.54) is 14.2 Å². The van der Waals surface area contributed by atoms with E-state index in [4.69, 9.17) is 9.05 Å². The average molecular weight is 221 g/mol.